The van der Waals surface area contributed by atoms with Gasteiger partial charge in [0, 0.05) is 24.8 Å². The molecular formula is C12H13NO4. The zero-order valence-electron chi connectivity index (χ0n) is 9.89. The Morgan fingerprint density at radius 3 is 2.59 bits per heavy atom. The minimum absolute atomic E-state index is 0.0657. The highest BCUT2D eigenvalue weighted by molar-refractivity contribution is 5.76. The van der Waals surface area contributed by atoms with Gasteiger partial charge in [-0.3, -0.25) is 10.1 Å². The lowest BCUT2D eigenvalue weighted by Crippen LogP contribution is -2.03. The van der Waals surface area contributed by atoms with Crippen molar-refractivity contribution in [2.45, 2.75) is 13.0 Å². The maximum absolute atomic E-state index is 10.7. The first-order valence-electron chi connectivity index (χ1n) is 5.16. The highest BCUT2D eigenvalue weighted by Gasteiger charge is 2.31. The molecule has 1 aromatic carbocycles. The number of hydrogen-bond donors (Lipinski definition) is 0. The van der Waals surface area contributed by atoms with E-state index in [1.807, 2.05) is 6.92 Å². The van der Waals surface area contributed by atoms with Gasteiger partial charge in [0.05, 0.1) is 12.0 Å². The van der Waals surface area contributed by atoms with Crippen molar-refractivity contribution in [1.82, 2.24) is 0 Å². The van der Waals surface area contributed by atoms with E-state index in [1.54, 1.807) is 26.4 Å². The second-order valence-corrected chi connectivity index (χ2v) is 3.84. The van der Waals surface area contributed by atoms with Crippen molar-refractivity contribution >= 4 is 11.3 Å². The molecule has 1 aliphatic carbocycles. The number of non-ortho nitro benzene ring substituents is 1. The third-order valence-electron chi connectivity index (χ3n) is 3.00. The molecule has 1 unspecified atom stereocenters. The van der Waals surface area contributed by atoms with E-state index in [0.29, 0.717) is 5.76 Å². The van der Waals surface area contributed by atoms with Crippen LogP contribution in [0.15, 0.2) is 24.0 Å². The van der Waals surface area contributed by atoms with Crippen LogP contribution in [0.25, 0.3) is 5.57 Å². The number of ether oxygens (including phenoxy) is 2. The molecule has 0 fully saturated rings. The minimum atomic E-state index is -0.410. The molecule has 1 aliphatic rings. The van der Waals surface area contributed by atoms with Gasteiger partial charge >= 0.3 is 0 Å². The van der Waals surface area contributed by atoms with E-state index in [-0.39, 0.29) is 11.8 Å². The lowest BCUT2D eigenvalue weighted by Gasteiger charge is -2.13. The largest absolute Gasteiger partial charge is 0.498 e. The van der Waals surface area contributed by atoms with Gasteiger partial charge in [-0.2, -0.15) is 0 Å². The highest BCUT2D eigenvalue weighted by atomic mass is 16.6. The summed E-state index contributed by atoms with van der Waals surface area (Å²) in [4.78, 5) is 10.3. The molecule has 0 radical (unpaired) electrons. The zero-order valence-corrected chi connectivity index (χ0v) is 9.89. The molecule has 0 aliphatic heterocycles. The Hall–Kier alpha value is -1.88. The molecule has 0 N–H and O–H groups in total. The van der Waals surface area contributed by atoms with E-state index in [2.05, 4.69) is 0 Å². The van der Waals surface area contributed by atoms with Crippen LogP contribution in [0.1, 0.15) is 24.2 Å². The average Bonchev–Trinajstić information content (AvgIpc) is 2.60. The fraction of sp³-hybridized carbons (Fsp3) is 0.333. The van der Waals surface area contributed by atoms with Crippen LogP contribution in [0.3, 0.4) is 0 Å². The third-order valence-corrected chi connectivity index (χ3v) is 3.00. The Bertz CT molecular complexity index is 507. The van der Waals surface area contributed by atoms with Crippen molar-refractivity contribution in [3.05, 3.63) is 45.2 Å². The molecule has 5 nitrogen and oxygen atoms in total. The summed E-state index contributed by atoms with van der Waals surface area (Å²) in [7, 11) is 3.13. The summed E-state index contributed by atoms with van der Waals surface area (Å²) in [5.74, 6) is 0.711. The Morgan fingerprint density at radius 1 is 1.35 bits per heavy atom. The van der Waals surface area contributed by atoms with E-state index in [0.717, 1.165) is 16.7 Å². The van der Waals surface area contributed by atoms with Crippen LogP contribution >= 0.6 is 0 Å². The Kier molecular flexibility index (Phi) is 2.85. The lowest BCUT2D eigenvalue weighted by atomic mass is 10.1. The Balaban J connectivity index is 2.55. The molecule has 5 heteroatoms. The van der Waals surface area contributed by atoms with E-state index < -0.39 is 4.92 Å². The summed E-state index contributed by atoms with van der Waals surface area (Å²) in [6.45, 7) is 1.92. The van der Waals surface area contributed by atoms with Crippen LogP contribution in [0, 0.1) is 10.1 Å². The van der Waals surface area contributed by atoms with Crippen molar-refractivity contribution < 1.29 is 14.4 Å². The van der Waals surface area contributed by atoms with Gasteiger partial charge in [-0.05, 0) is 24.1 Å². The smallest absolute Gasteiger partial charge is 0.269 e. The Morgan fingerprint density at radius 2 is 2.06 bits per heavy atom. The van der Waals surface area contributed by atoms with Crippen molar-refractivity contribution in [3.63, 3.8) is 0 Å². The third kappa shape index (κ3) is 1.68. The number of rotatable bonds is 3. The molecule has 90 valence electrons. The minimum Gasteiger partial charge on any atom is -0.498 e. The highest BCUT2D eigenvalue weighted by Crippen LogP contribution is 2.43. The molecular weight excluding hydrogens is 222 g/mol. The lowest BCUT2D eigenvalue weighted by molar-refractivity contribution is -0.385. The number of benzene rings is 1. The molecule has 1 aromatic rings. The summed E-state index contributed by atoms with van der Waals surface area (Å²) in [6.07, 6.45) is -0.352. The molecule has 0 saturated heterocycles. The van der Waals surface area contributed by atoms with Gasteiger partial charge in [-0.25, -0.2) is 0 Å². The number of methoxy groups -OCH3 is 2. The van der Waals surface area contributed by atoms with Crippen molar-refractivity contribution in [2.75, 3.05) is 14.2 Å². The quantitative estimate of drug-likeness (QED) is 0.597. The molecule has 0 aromatic heterocycles. The topological polar surface area (TPSA) is 61.6 Å². The van der Waals surface area contributed by atoms with Crippen LogP contribution in [0.2, 0.25) is 0 Å². The predicted molar refractivity (Wildman–Crippen MR) is 62.4 cm³/mol. The number of nitro benzene ring substituents is 1. The van der Waals surface area contributed by atoms with Crippen LogP contribution < -0.4 is 0 Å². The summed E-state index contributed by atoms with van der Waals surface area (Å²) in [5.41, 5.74) is 2.76. The van der Waals surface area contributed by atoms with E-state index >= 15 is 0 Å². The maximum Gasteiger partial charge on any atom is 0.269 e. The van der Waals surface area contributed by atoms with E-state index in [4.69, 9.17) is 9.47 Å². The fourth-order valence-electron chi connectivity index (χ4n) is 2.19. The molecule has 17 heavy (non-hydrogen) atoms. The summed E-state index contributed by atoms with van der Waals surface area (Å²) < 4.78 is 10.6. The average molecular weight is 235 g/mol. The van der Waals surface area contributed by atoms with E-state index in [1.165, 1.54) is 6.07 Å². The van der Waals surface area contributed by atoms with Crippen LogP contribution in [0.4, 0.5) is 5.69 Å². The second-order valence-electron chi connectivity index (χ2n) is 3.84. The molecule has 0 amide bonds. The fourth-order valence-corrected chi connectivity index (χ4v) is 2.19. The number of allylic oxidation sites excluding steroid dienone is 1. The zero-order chi connectivity index (χ0) is 12.6. The van der Waals surface area contributed by atoms with Gasteiger partial charge in [-0.1, -0.05) is 0 Å². The van der Waals surface area contributed by atoms with Crippen LogP contribution in [-0.4, -0.2) is 19.1 Å². The standard InChI is InChI=1S/C12H13NO4/c1-7-9-5-4-8(13(14)15)6-10(9)12(17-3)11(7)16-2/h4-6,12H,1-3H3. The van der Waals surface area contributed by atoms with Gasteiger partial charge < -0.3 is 9.47 Å². The predicted octanol–water partition coefficient (Wildman–Crippen LogP) is 2.67. The SMILES string of the molecule is COC1=C(C)c2ccc([N+](=O)[O-])cc2C1OC. The first kappa shape index (κ1) is 11.6. The molecule has 0 bridgehead atoms. The second kappa shape index (κ2) is 4.18. The van der Waals surface area contributed by atoms with Crippen molar-refractivity contribution in [1.29, 1.82) is 0 Å². The first-order chi connectivity index (χ1) is 8.10. The maximum atomic E-state index is 10.7. The van der Waals surface area contributed by atoms with Gasteiger partial charge in [0.2, 0.25) is 0 Å². The summed E-state index contributed by atoms with van der Waals surface area (Å²) in [5, 5.41) is 10.7. The van der Waals surface area contributed by atoms with Gasteiger partial charge in [-0.15, -0.1) is 0 Å². The van der Waals surface area contributed by atoms with Crippen molar-refractivity contribution in [3.8, 4) is 0 Å². The number of nitro groups is 1. The molecule has 0 saturated carbocycles. The van der Waals surface area contributed by atoms with Crippen LogP contribution in [0.5, 0.6) is 0 Å². The Labute approximate surface area is 98.8 Å². The van der Waals surface area contributed by atoms with Gasteiger partial charge in [0.1, 0.15) is 11.9 Å². The molecule has 0 heterocycles. The van der Waals surface area contributed by atoms with E-state index in [9.17, 15) is 10.1 Å². The molecule has 1 atom stereocenters. The first-order valence-corrected chi connectivity index (χ1v) is 5.16. The number of nitrogens with zero attached hydrogens (tertiary/aromatic N) is 1. The number of fused-ring (bicyclic) bond motifs is 1. The molecule has 2 rings (SSSR count). The molecule has 0 spiro atoms. The number of hydrogen-bond acceptors (Lipinski definition) is 4. The normalized spacial score (nSPS) is 18.2. The monoisotopic (exact) mass is 235 g/mol. The summed E-state index contributed by atoms with van der Waals surface area (Å²) in [6, 6.07) is 4.77. The summed E-state index contributed by atoms with van der Waals surface area (Å²) >= 11 is 0. The van der Waals surface area contributed by atoms with Gasteiger partial charge in [0.25, 0.3) is 5.69 Å². The van der Waals surface area contributed by atoms with Crippen LogP contribution in [-0.2, 0) is 9.47 Å². The van der Waals surface area contributed by atoms with Gasteiger partial charge in [0.15, 0.2) is 0 Å². The van der Waals surface area contributed by atoms with Crippen molar-refractivity contribution in [2.24, 2.45) is 0 Å².